The first-order valence-electron chi connectivity index (χ1n) is 5.76. The van der Waals surface area contributed by atoms with E-state index in [1.165, 1.54) is 0 Å². The van der Waals surface area contributed by atoms with Crippen molar-refractivity contribution < 1.29 is 4.79 Å². The predicted molar refractivity (Wildman–Crippen MR) is 72.3 cm³/mol. The Morgan fingerprint density at radius 1 is 1.53 bits per heavy atom. The van der Waals surface area contributed by atoms with Crippen LogP contribution in [-0.4, -0.2) is 24.4 Å². The van der Waals surface area contributed by atoms with Crippen LogP contribution in [0.5, 0.6) is 0 Å². The fourth-order valence-corrected chi connectivity index (χ4v) is 1.86. The van der Waals surface area contributed by atoms with Gasteiger partial charge in [-0.05, 0) is 24.1 Å². The molecule has 0 aliphatic heterocycles. The van der Waals surface area contributed by atoms with Gasteiger partial charge in [0.15, 0.2) is 0 Å². The molecule has 4 heteroatoms. The summed E-state index contributed by atoms with van der Waals surface area (Å²) in [7, 11) is 1.79. The number of carbonyl (C=O) groups excluding carboxylic acids is 1. The van der Waals surface area contributed by atoms with E-state index in [4.69, 9.17) is 17.3 Å². The third-order valence-electron chi connectivity index (χ3n) is 2.85. The monoisotopic (exact) mass is 254 g/mol. The largest absolute Gasteiger partial charge is 0.399 e. The van der Waals surface area contributed by atoms with E-state index in [2.05, 4.69) is 13.8 Å². The summed E-state index contributed by atoms with van der Waals surface area (Å²) in [6, 6.07) is 4.97. The normalized spacial score (nSPS) is 12.2. The third kappa shape index (κ3) is 3.63. The Balaban J connectivity index is 2.81. The van der Waals surface area contributed by atoms with Gasteiger partial charge in [-0.3, -0.25) is 4.79 Å². The molecular weight excluding hydrogens is 236 g/mol. The Bertz CT molecular complexity index is 406. The van der Waals surface area contributed by atoms with Crippen molar-refractivity contribution in [3.63, 3.8) is 0 Å². The van der Waals surface area contributed by atoms with Gasteiger partial charge >= 0.3 is 0 Å². The van der Waals surface area contributed by atoms with Gasteiger partial charge in [0.05, 0.1) is 10.6 Å². The number of nitrogens with two attached hydrogens (primary N) is 1. The van der Waals surface area contributed by atoms with E-state index in [-0.39, 0.29) is 5.91 Å². The van der Waals surface area contributed by atoms with Gasteiger partial charge in [-0.2, -0.15) is 0 Å². The fourth-order valence-electron chi connectivity index (χ4n) is 1.59. The number of halogens is 1. The highest BCUT2D eigenvalue weighted by Crippen LogP contribution is 2.20. The molecule has 3 nitrogen and oxygen atoms in total. The van der Waals surface area contributed by atoms with E-state index < -0.39 is 0 Å². The Morgan fingerprint density at radius 2 is 2.18 bits per heavy atom. The van der Waals surface area contributed by atoms with Crippen LogP contribution in [0.25, 0.3) is 0 Å². The number of nitrogens with zero attached hydrogens (tertiary/aromatic N) is 1. The van der Waals surface area contributed by atoms with Crippen molar-refractivity contribution in [3.8, 4) is 0 Å². The zero-order chi connectivity index (χ0) is 13.0. The molecule has 0 radical (unpaired) electrons. The maximum Gasteiger partial charge on any atom is 0.255 e. The molecule has 1 unspecified atom stereocenters. The van der Waals surface area contributed by atoms with Crippen molar-refractivity contribution in [1.82, 2.24) is 4.90 Å². The summed E-state index contributed by atoms with van der Waals surface area (Å²) in [6.07, 6.45) is 1.05. The summed E-state index contributed by atoms with van der Waals surface area (Å²) >= 11 is 6.01. The van der Waals surface area contributed by atoms with Gasteiger partial charge < -0.3 is 10.6 Å². The van der Waals surface area contributed by atoms with Gasteiger partial charge in [-0.25, -0.2) is 0 Å². The number of benzene rings is 1. The summed E-state index contributed by atoms with van der Waals surface area (Å²) in [4.78, 5) is 13.8. The molecule has 1 atom stereocenters. The van der Waals surface area contributed by atoms with E-state index in [0.29, 0.717) is 22.2 Å². The Morgan fingerprint density at radius 3 is 2.71 bits per heavy atom. The highest BCUT2D eigenvalue weighted by atomic mass is 35.5. The summed E-state index contributed by atoms with van der Waals surface area (Å²) in [5.41, 5.74) is 6.67. The molecule has 0 fully saturated rings. The molecule has 0 spiro atoms. The third-order valence-corrected chi connectivity index (χ3v) is 3.17. The van der Waals surface area contributed by atoms with Crippen LogP contribution in [0.1, 0.15) is 30.6 Å². The van der Waals surface area contributed by atoms with Crippen LogP contribution in [-0.2, 0) is 0 Å². The minimum absolute atomic E-state index is 0.0599. The predicted octanol–water partition coefficient (Wildman–Crippen LogP) is 3.04. The summed E-state index contributed by atoms with van der Waals surface area (Å²) in [5, 5.41) is 0.408. The van der Waals surface area contributed by atoms with Gasteiger partial charge in [0.25, 0.3) is 5.91 Å². The van der Waals surface area contributed by atoms with Gasteiger partial charge in [0.1, 0.15) is 0 Å². The zero-order valence-electron chi connectivity index (χ0n) is 10.5. The smallest absolute Gasteiger partial charge is 0.255 e. The first-order valence-corrected chi connectivity index (χ1v) is 6.14. The molecule has 1 aromatic rings. The van der Waals surface area contributed by atoms with Crippen molar-refractivity contribution in [2.45, 2.75) is 20.3 Å². The molecule has 1 amide bonds. The van der Waals surface area contributed by atoms with E-state index in [9.17, 15) is 4.79 Å². The van der Waals surface area contributed by atoms with Gasteiger partial charge in [-0.1, -0.05) is 31.9 Å². The van der Waals surface area contributed by atoms with Crippen LogP contribution >= 0.6 is 11.6 Å². The molecule has 0 saturated carbocycles. The summed E-state index contributed by atoms with van der Waals surface area (Å²) in [5.74, 6) is 0.423. The molecule has 1 rings (SSSR count). The lowest BCUT2D eigenvalue weighted by atomic mass is 10.1. The SMILES string of the molecule is CCC(C)CN(C)C(=O)c1ccc(N)cc1Cl. The molecule has 0 aliphatic carbocycles. The molecule has 0 saturated heterocycles. The van der Waals surface area contributed by atoms with Crippen LogP contribution < -0.4 is 5.73 Å². The van der Waals surface area contributed by atoms with Crippen molar-refractivity contribution in [2.75, 3.05) is 19.3 Å². The Hall–Kier alpha value is -1.22. The van der Waals surface area contributed by atoms with Gasteiger partial charge in [-0.15, -0.1) is 0 Å². The molecule has 0 bridgehead atoms. The standard InChI is InChI=1S/C13H19ClN2O/c1-4-9(2)8-16(3)13(17)11-6-5-10(15)7-12(11)14/h5-7,9H,4,8,15H2,1-3H3. The van der Waals surface area contributed by atoms with E-state index in [1.807, 2.05) is 0 Å². The lowest BCUT2D eigenvalue weighted by Crippen LogP contribution is -2.31. The Kier molecular flexibility index (Phi) is 4.82. The lowest BCUT2D eigenvalue weighted by Gasteiger charge is -2.21. The molecule has 0 aliphatic rings. The van der Waals surface area contributed by atoms with Crippen LogP contribution in [0.2, 0.25) is 5.02 Å². The maximum absolute atomic E-state index is 12.1. The number of carbonyl (C=O) groups is 1. The quantitative estimate of drug-likeness (QED) is 0.840. The minimum Gasteiger partial charge on any atom is -0.399 e. The zero-order valence-corrected chi connectivity index (χ0v) is 11.3. The average molecular weight is 255 g/mol. The molecule has 1 aromatic carbocycles. The number of nitrogen functional groups attached to an aromatic ring is 1. The molecule has 94 valence electrons. The maximum atomic E-state index is 12.1. The van der Waals surface area contributed by atoms with E-state index in [0.717, 1.165) is 13.0 Å². The van der Waals surface area contributed by atoms with Gasteiger partial charge in [0.2, 0.25) is 0 Å². The number of hydrogen-bond donors (Lipinski definition) is 1. The van der Waals surface area contributed by atoms with E-state index >= 15 is 0 Å². The first-order chi connectivity index (χ1) is 7.95. The second kappa shape index (κ2) is 5.92. The number of rotatable bonds is 4. The van der Waals surface area contributed by atoms with Crippen LogP contribution in [0.3, 0.4) is 0 Å². The summed E-state index contributed by atoms with van der Waals surface area (Å²) in [6.45, 7) is 4.96. The molecular formula is C13H19ClN2O. The second-order valence-electron chi connectivity index (χ2n) is 4.44. The highest BCUT2D eigenvalue weighted by Gasteiger charge is 2.16. The highest BCUT2D eigenvalue weighted by molar-refractivity contribution is 6.34. The van der Waals surface area contributed by atoms with Gasteiger partial charge in [0, 0.05) is 19.3 Å². The molecule has 17 heavy (non-hydrogen) atoms. The summed E-state index contributed by atoms with van der Waals surface area (Å²) < 4.78 is 0. The van der Waals surface area contributed by atoms with Crippen LogP contribution in [0.4, 0.5) is 5.69 Å². The van der Waals surface area contributed by atoms with Crippen molar-refractivity contribution in [1.29, 1.82) is 0 Å². The fraction of sp³-hybridized carbons (Fsp3) is 0.462. The molecule has 0 aromatic heterocycles. The second-order valence-corrected chi connectivity index (χ2v) is 4.85. The Labute approximate surface area is 108 Å². The number of hydrogen-bond acceptors (Lipinski definition) is 2. The topological polar surface area (TPSA) is 46.3 Å². The van der Waals surface area contributed by atoms with Crippen molar-refractivity contribution >= 4 is 23.2 Å². The van der Waals surface area contributed by atoms with Crippen LogP contribution in [0, 0.1) is 5.92 Å². The molecule has 2 N–H and O–H groups in total. The molecule has 0 heterocycles. The first kappa shape index (κ1) is 13.8. The van der Waals surface area contributed by atoms with Crippen molar-refractivity contribution in [2.24, 2.45) is 5.92 Å². The number of anilines is 1. The minimum atomic E-state index is -0.0599. The number of amides is 1. The van der Waals surface area contributed by atoms with Crippen molar-refractivity contribution in [3.05, 3.63) is 28.8 Å². The van der Waals surface area contributed by atoms with Crippen LogP contribution in [0.15, 0.2) is 18.2 Å². The van der Waals surface area contributed by atoms with E-state index in [1.54, 1.807) is 30.1 Å². The lowest BCUT2D eigenvalue weighted by molar-refractivity contribution is 0.0775. The average Bonchev–Trinajstić information content (AvgIpc) is 2.28.